The number of para-hydroxylation sites is 1. The maximum Gasteiger partial charge on any atom is 0.305 e. The number of halogens is 1. The summed E-state index contributed by atoms with van der Waals surface area (Å²) in [5.41, 5.74) is 0. The molecule has 0 bridgehead atoms. The van der Waals surface area contributed by atoms with Gasteiger partial charge >= 0.3 is 5.97 Å². The molecular formula is C17H22ClNO5. The molecule has 1 heterocycles. The number of nitrogens with zero attached hydrogens (tertiary/aromatic N) is 1. The van der Waals surface area contributed by atoms with Crippen molar-refractivity contribution >= 4 is 23.5 Å². The second-order valence-corrected chi connectivity index (χ2v) is 6.01. The summed E-state index contributed by atoms with van der Waals surface area (Å²) in [5.74, 6) is -0.475. The van der Waals surface area contributed by atoms with E-state index in [0.29, 0.717) is 24.0 Å². The molecule has 0 radical (unpaired) electrons. The van der Waals surface area contributed by atoms with Crippen LogP contribution in [0.1, 0.15) is 25.7 Å². The van der Waals surface area contributed by atoms with Gasteiger partial charge in [-0.1, -0.05) is 23.7 Å². The number of benzene rings is 1. The minimum atomic E-state index is -0.910. The molecule has 1 aliphatic rings. The molecule has 132 valence electrons. The Kier molecular flexibility index (Phi) is 7.34. The van der Waals surface area contributed by atoms with Gasteiger partial charge in [-0.3, -0.25) is 9.59 Å². The fourth-order valence-electron chi connectivity index (χ4n) is 2.68. The van der Waals surface area contributed by atoms with Crippen molar-refractivity contribution in [1.29, 1.82) is 0 Å². The number of ether oxygens (including phenoxy) is 2. The van der Waals surface area contributed by atoms with Crippen molar-refractivity contribution in [3.8, 4) is 5.75 Å². The molecule has 7 heteroatoms. The molecule has 0 aromatic heterocycles. The average Bonchev–Trinajstić information content (AvgIpc) is 2.57. The standard InChI is InChI=1S/C17H22ClNO5/c18-14-3-1-2-4-15(14)24-12-8-16(20)19(9-5-17(21)22)13-6-10-23-11-7-13/h1-4,13H,5-12H2,(H,21,22). The van der Waals surface area contributed by atoms with Gasteiger partial charge in [-0.2, -0.15) is 0 Å². The van der Waals surface area contributed by atoms with E-state index in [-0.39, 0.29) is 37.9 Å². The number of amides is 1. The lowest BCUT2D eigenvalue weighted by atomic mass is 10.1. The van der Waals surface area contributed by atoms with Gasteiger partial charge in [-0.25, -0.2) is 0 Å². The Bertz CT molecular complexity index is 560. The minimum absolute atomic E-state index is 0.0333. The van der Waals surface area contributed by atoms with Crippen LogP contribution < -0.4 is 4.74 Å². The van der Waals surface area contributed by atoms with Crippen molar-refractivity contribution in [2.45, 2.75) is 31.7 Å². The van der Waals surface area contributed by atoms with Crippen LogP contribution in [0.3, 0.4) is 0 Å². The first-order chi connectivity index (χ1) is 11.6. The summed E-state index contributed by atoms with van der Waals surface area (Å²) in [4.78, 5) is 25.0. The fourth-order valence-corrected chi connectivity index (χ4v) is 2.87. The number of rotatable bonds is 8. The highest BCUT2D eigenvalue weighted by Gasteiger charge is 2.26. The molecule has 0 atom stereocenters. The van der Waals surface area contributed by atoms with Crippen LogP contribution in [0.25, 0.3) is 0 Å². The number of carboxylic acids is 1. The molecule has 6 nitrogen and oxygen atoms in total. The molecule has 0 aliphatic carbocycles. The van der Waals surface area contributed by atoms with Crippen LogP contribution in [0.5, 0.6) is 5.75 Å². The van der Waals surface area contributed by atoms with Crippen molar-refractivity contribution in [2.75, 3.05) is 26.4 Å². The molecule has 1 aliphatic heterocycles. The predicted octanol–water partition coefficient (Wildman–Crippen LogP) is 2.59. The second kappa shape index (κ2) is 9.49. The Morgan fingerprint density at radius 2 is 1.96 bits per heavy atom. The van der Waals surface area contributed by atoms with Gasteiger partial charge in [0, 0.05) is 25.8 Å². The van der Waals surface area contributed by atoms with E-state index < -0.39 is 5.97 Å². The molecule has 1 saturated heterocycles. The van der Waals surface area contributed by atoms with Crippen LogP contribution in [-0.2, 0) is 14.3 Å². The van der Waals surface area contributed by atoms with Crippen molar-refractivity contribution in [2.24, 2.45) is 0 Å². The normalized spacial score (nSPS) is 15.0. The lowest BCUT2D eigenvalue weighted by Crippen LogP contribution is -2.44. The molecule has 0 spiro atoms. The molecule has 0 saturated carbocycles. The van der Waals surface area contributed by atoms with Crippen molar-refractivity contribution in [3.63, 3.8) is 0 Å². The predicted molar refractivity (Wildman–Crippen MR) is 89.4 cm³/mol. The van der Waals surface area contributed by atoms with E-state index in [2.05, 4.69) is 0 Å². The van der Waals surface area contributed by atoms with Crippen LogP contribution >= 0.6 is 11.6 Å². The maximum absolute atomic E-state index is 12.5. The smallest absolute Gasteiger partial charge is 0.305 e. The first kappa shape index (κ1) is 18.5. The van der Waals surface area contributed by atoms with E-state index >= 15 is 0 Å². The maximum atomic E-state index is 12.5. The Hall–Kier alpha value is -1.79. The Morgan fingerprint density at radius 1 is 1.25 bits per heavy atom. The van der Waals surface area contributed by atoms with Gasteiger partial charge in [0.2, 0.25) is 5.91 Å². The molecule has 1 aromatic carbocycles. The van der Waals surface area contributed by atoms with Crippen molar-refractivity contribution < 1.29 is 24.2 Å². The van der Waals surface area contributed by atoms with Crippen LogP contribution in [-0.4, -0.2) is 54.3 Å². The Balaban J connectivity index is 1.88. The summed E-state index contributed by atoms with van der Waals surface area (Å²) in [6, 6.07) is 7.11. The molecule has 1 fully saturated rings. The van der Waals surface area contributed by atoms with E-state index in [0.717, 1.165) is 12.8 Å². The largest absolute Gasteiger partial charge is 0.491 e. The third-order valence-corrected chi connectivity index (χ3v) is 4.24. The van der Waals surface area contributed by atoms with Gasteiger partial charge < -0.3 is 19.5 Å². The summed E-state index contributed by atoms with van der Waals surface area (Å²) in [6.07, 6.45) is 1.59. The fraction of sp³-hybridized carbons (Fsp3) is 0.529. The van der Waals surface area contributed by atoms with Gasteiger partial charge in [-0.05, 0) is 25.0 Å². The third kappa shape index (κ3) is 5.69. The number of aliphatic carboxylic acids is 1. The highest BCUT2D eigenvalue weighted by atomic mass is 35.5. The highest BCUT2D eigenvalue weighted by Crippen LogP contribution is 2.23. The summed E-state index contributed by atoms with van der Waals surface area (Å²) in [6.45, 7) is 1.61. The van der Waals surface area contributed by atoms with Crippen LogP contribution in [0.15, 0.2) is 24.3 Å². The number of hydrogen-bond acceptors (Lipinski definition) is 4. The van der Waals surface area contributed by atoms with Crippen molar-refractivity contribution in [1.82, 2.24) is 4.90 Å². The van der Waals surface area contributed by atoms with E-state index in [9.17, 15) is 9.59 Å². The Labute approximate surface area is 146 Å². The topological polar surface area (TPSA) is 76.1 Å². The van der Waals surface area contributed by atoms with E-state index in [1.807, 2.05) is 6.07 Å². The van der Waals surface area contributed by atoms with Gasteiger partial charge in [0.25, 0.3) is 0 Å². The molecule has 1 N–H and O–H groups in total. The van der Waals surface area contributed by atoms with Crippen LogP contribution in [0.4, 0.5) is 0 Å². The van der Waals surface area contributed by atoms with Crippen molar-refractivity contribution in [3.05, 3.63) is 29.3 Å². The number of carboxylic acid groups (broad SMARTS) is 1. The van der Waals surface area contributed by atoms with E-state index in [4.69, 9.17) is 26.2 Å². The van der Waals surface area contributed by atoms with Crippen LogP contribution in [0, 0.1) is 0 Å². The lowest BCUT2D eigenvalue weighted by Gasteiger charge is -2.34. The number of carbonyl (C=O) groups is 2. The third-order valence-electron chi connectivity index (χ3n) is 3.93. The van der Waals surface area contributed by atoms with Crippen LogP contribution in [0.2, 0.25) is 5.02 Å². The number of carbonyl (C=O) groups excluding carboxylic acids is 1. The lowest BCUT2D eigenvalue weighted by molar-refractivity contribution is -0.140. The van der Waals surface area contributed by atoms with Gasteiger partial charge in [0.05, 0.1) is 24.5 Å². The zero-order valence-corrected chi connectivity index (χ0v) is 14.2. The summed E-state index contributed by atoms with van der Waals surface area (Å²) in [5, 5.41) is 9.39. The first-order valence-electron chi connectivity index (χ1n) is 8.04. The summed E-state index contributed by atoms with van der Waals surface area (Å²) >= 11 is 6.01. The van der Waals surface area contributed by atoms with E-state index in [1.54, 1.807) is 23.1 Å². The molecule has 24 heavy (non-hydrogen) atoms. The minimum Gasteiger partial charge on any atom is -0.491 e. The zero-order chi connectivity index (χ0) is 17.4. The average molecular weight is 356 g/mol. The second-order valence-electron chi connectivity index (χ2n) is 5.60. The zero-order valence-electron chi connectivity index (χ0n) is 13.4. The summed E-state index contributed by atoms with van der Waals surface area (Å²) < 4.78 is 10.9. The highest BCUT2D eigenvalue weighted by molar-refractivity contribution is 6.32. The molecular weight excluding hydrogens is 334 g/mol. The first-order valence-corrected chi connectivity index (χ1v) is 8.42. The molecule has 0 unspecified atom stereocenters. The quantitative estimate of drug-likeness (QED) is 0.775. The SMILES string of the molecule is O=C(O)CCN(C(=O)CCOc1ccccc1Cl)C1CCOCC1. The molecule has 2 rings (SSSR count). The summed E-state index contributed by atoms with van der Waals surface area (Å²) in [7, 11) is 0. The van der Waals surface area contributed by atoms with Gasteiger partial charge in [0.1, 0.15) is 5.75 Å². The number of hydrogen-bond donors (Lipinski definition) is 1. The van der Waals surface area contributed by atoms with Gasteiger partial charge in [-0.15, -0.1) is 0 Å². The molecule has 1 amide bonds. The van der Waals surface area contributed by atoms with Gasteiger partial charge in [0.15, 0.2) is 0 Å². The monoisotopic (exact) mass is 355 g/mol. The molecule has 1 aromatic rings. The Morgan fingerprint density at radius 3 is 2.62 bits per heavy atom. The van der Waals surface area contributed by atoms with E-state index in [1.165, 1.54) is 0 Å².